The van der Waals surface area contributed by atoms with Gasteiger partial charge in [-0.25, -0.2) is 0 Å². The summed E-state index contributed by atoms with van der Waals surface area (Å²) in [6.07, 6.45) is 16.6. The first kappa shape index (κ1) is 19.7. The molecule has 0 aliphatic heterocycles. The molecular formula is C25H35NO2. The van der Waals surface area contributed by atoms with Crippen molar-refractivity contribution in [2.24, 2.45) is 28.6 Å². The molecule has 2 fully saturated rings. The second-order valence-electron chi connectivity index (χ2n) is 9.93. The average molecular weight is 382 g/mol. The summed E-state index contributed by atoms with van der Waals surface area (Å²) in [5.41, 5.74) is 4.58. The van der Waals surface area contributed by atoms with Crippen LogP contribution in [0.15, 0.2) is 34.9 Å². The first-order valence-electron chi connectivity index (χ1n) is 11.1. The maximum Gasteiger partial charge on any atom is 0.302 e. The lowest BCUT2D eigenvalue weighted by Crippen LogP contribution is -2.50. The Balaban J connectivity index is 1.59. The molecule has 152 valence electrons. The van der Waals surface area contributed by atoms with Crippen molar-refractivity contribution in [1.82, 2.24) is 0 Å². The molecular weight excluding hydrogens is 346 g/mol. The van der Waals surface area contributed by atoms with E-state index in [1.165, 1.54) is 31.8 Å². The van der Waals surface area contributed by atoms with Gasteiger partial charge < -0.3 is 10.1 Å². The Labute approximate surface area is 169 Å². The van der Waals surface area contributed by atoms with Crippen LogP contribution in [0.2, 0.25) is 0 Å². The van der Waals surface area contributed by atoms with Gasteiger partial charge in [-0.1, -0.05) is 37.6 Å². The average Bonchev–Trinajstić information content (AvgIpc) is 3.00. The summed E-state index contributed by atoms with van der Waals surface area (Å²) in [4.78, 5) is 11.4. The maximum atomic E-state index is 11.4. The lowest BCUT2D eigenvalue weighted by atomic mass is 9.47. The summed E-state index contributed by atoms with van der Waals surface area (Å²) in [6.45, 7) is 8.53. The molecule has 4 aliphatic rings. The van der Waals surface area contributed by atoms with Crippen LogP contribution in [0.25, 0.3) is 0 Å². The number of carbonyl (C=O) groups is 1. The van der Waals surface area contributed by atoms with E-state index in [1.807, 2.05) is 0 Å². The molecule has 0 aromatic carbocycles. The molecule has 3 heteroatoms. The topological polar surface area (TPSA) is 50.1 Å². The molecule has 28 heavy (non-hydrogen) atoms. The number of ether oxygens (including phenoxy) is 1. The van der Waals surface area contributed by atoms with Crippen LogP contribution < -0.4 is 0 Å². The van der Waals surface area contributed by atoms with Gasteiger partial charge in [0.1, 0.15) is 6.10 Å². The zero-order valence-corrected chi connectivity index (χ0v) is 17.9. The minimum absolute atomic E-state index is 0.0758. The lowest BCUT2D eigenvalue weighted by Gasteiger charge is -2.58. The van der Waals surface area contributed by atoms with Crippen LogP contribution in [0.4, 0.5) is 0 Å². The molecule has 6 atom stereocenters. The number of nitrogens with one attached hydrogen (secondary N) is 1. The van der Waals surface area contributed by atoms with Crippen molar-refractivity contribution in [3.8, 4) is 0 Å². The molecule has 0 heterocycles. The third kappa shape index (κ3) is 2.84. The van der Waals surface area contributed by atoms with E-state index in [9.17, 15) is 4.79 Å². The molecule has 3 nitrogen and oxygen atoms in total. The number of carbonyl (C=O) groups excluding carboxylic acids is 1. The Morgan fingerprint density at radius 3 is 2.57 bits per heavy atom. The third-order valence-corrected chi connectivity index (χ3v) is 8.75. The molecule has 0 spiro atoms. The van der Waals surface area contributed by atoms with Crippen molar-refractivity contribution in [3.05, 3.63) is 34.9 Å². The van der Waals surface area contributed by atoms with Crippen molar-refractivity contribution >= 4 is 12.2 Å². The number of fused-ring (bicyclic) bond motifs is 5. The zero-order valence-electron chi connectivity index (χ0n) is 17.9. The van der Waals surface area contributed by atoms with E-state index in [-0.39, 0.29) is 22.9 Å². The van der Waals surface area contributed by atoms with Crippen LogP contribution in [0.3, 0.4) is 0 Å². The highest BCUT2D eigenvalue weighted by Gasteiger charge is 2.57. The van der Waals surface area contributed by atoms with E-state index in [0.29, 0.717) is 5.92 Å². The van der Waals surface area contributed by atoms with Crippen LogP contribution in [-0.2, 0) is 9.53 Å². The Bertz CT molecular complexity index is 775. The first-order valence-corrected chi connectivity index (χ1v) is 11.1. The molecule has 0 aromatic heterocycles. The molecule has 2 saturated carbocycles. The van der Waals surface area contributed by atoms with E-state index in [0.717, 1.165) is 43.1 Å². The summed E-state index contributed by atoms with van der Waals surface area (Å²) >= 11 is 0. The van der Waals surface area contributed by atoms with E-state index in [4.69, 9.17) is 10.1 Å². The van der Waals surface area contributed by atoms with Crippen LogP contribution in [0, 0.1) is 34.0 Å². The van der Waals surface area contributed by atoms with Crippen LogP contribution in [0.5, 0.6) is 0 Å². The molecule has 0 aromatic rings. The summed E-state index contributed by atoms with van der Waals surface area (Å²) < 4.78 is 5.56. The summed E-state index contributed by atoms with van der Waals surface area (Å²) in [5.74, 6) is 2.02. The van der Waals surface area contributed by atoms with Gasteiger partial charge in [0.05, 0.1) is 0 Å². The van der Waals surface area contributed by atoms with Gasteiger partial charge >= 0.3 is 5.97 Å². The molecule has 4 rings (SSSR count). The monoisotopic (exact) mass is 381 g/mol. The predicted octanol–water partition coefficient (Wildman–Crippen LogP) is 6.01. The Morgan fingerprint density at radius 2 is 1.89 bits per heavy atom. The fraction of sp³-hybridized carbons (Fsp3) is 0.680. The largest absolute Gasteiger partial charge is 0.462 e. The molecule has 0 radical (unpaired) electrons. The number of rotatable bonds is 3. The SMILES string of the molecule is C/C=C(\C=N)C1=CCC2C3CC=C4CC(OC(C)=O)CCC4(C)C3CCC12C. The van der Waals surface area contributed by atoms with Gasteiger partial charge in [0.25, 0.3) is 0 Å². The Kier molecular flexibility index (Phi) is 4.92. The van der Waals surface area contributed by atoms with E-state index in [1.54, 1.807) is 11.8 Å². The predicted molar refractivity (Wildman–Crippen MR) is 113 cm³/mol. The standard InChI is InChI=1S/C25H35NO2/c1-5-17(15-26)21-8-9-22-20-7-6-18-14-19(28-16(2)27)10-12-24(18,3)23(20)11-13-25(21,22)4/h5-6,8,15,19-20,22-23,26H,7,9-14H2,1-4H3/b17-5+,26-15?. The molecule has 0 bridgehead atoms. The van der Waals surface area contributed by atoms with E-state index < -0.39 is 0 Å². The van der Waals surface area contributed by atoms with Crippen molar-refractivity contribution in [1.29, 1.82) is 5.41 Å². The third-order valence-electron chi connectivity index (χ3n) is 8.75. The summed E-state index contributed by atoms with van der Waals surface area (Å²) in [5, 5.41) is 7.84. The van der Waals surface area contributed by atoms with Crippen molar-refractivity contribution in [2.75, 3.05) is 0 Å². The highest BCUT2D eigenvalue weighted by Crippen LogP contribution is 2.65. The van der Waals surface area contributed by atoms with Crippen molar-refractivity contribution in [3.63, 3.8) is 0 Å². The lowest BCUT2D eigenvalue weighted by molar-refractivity contribution is -0.148. The second kappa shape index (κ2) is 7.00. The zero-order chi connectivity index (χ0) is 20.1. The van der Waals surface area contributed by atoms with Crippen LogP contribution >= 0.6 is 0 Å². The molecule has 6 unspecified atom stereocenters. The normalized spacial score (nSPS) is 42.5. The van der Waals surface area contributed by atoms with Gasteiger partial charge in [-0.15, -0.1) is 0 Å². The highest BCUT2D eigenvalue weighted by molar-refractivity contribution is 5.83. The maximum absolute atomic E-state index is 11.4. The van der Waals surface area contributed by atoms with Gasteiger partial charge in [0.15, 0.2) is 0 Å². The van der Waals surface area contributed by atoms with Crippen LogP contribution in [0.1, 0.15) is 72.6 Å². The van der Waals surface area contributed by atoms with Crippen molar-refractivity contribution in [2.45, 2.75) is 78.7 Å². The van der Waals surface area contributed by atoms with E-state index >= 15 is 0 Å². The number of hydrogen-bond donors (Lipinski definition) is 1. The molecule has 4 aliphatic carbocycles. The summed E-state index contributed by atoms with van der Waals surface area (Å²) in [7, 11) is 0. The number of hydrogen-bond acceptors (Lipinski definition) is 3. The Hall–Kier alpha value is -1.64. The fourth-order valence-corrected chi connectivity index (χ4v) is 7.29. The molecule has 0 amide bonds. The van der Waals surface area contributed by atoms with Gasteiger partial charge in [0, 0.05) is 19.6 Å². The number of allylic oxidation sites excluding steroid dienone is 5. The fourth-order valence-electron chi connectivity index (χ4n) is 7.29. The minimum atomic E-state index is -0.146. The quantitative estimate of drug-likeness (QED) is 0.369. The smallest absolute Gasteiger partial charge is 0.302 e. The van der Waals surface area contributed by atoms with Gasteiger partial charge in [-0.05, 0) is 85.2 Å². The Morgan fingerprint density at radius 1 is 1.14 bits per heavy atom. The number of esters is 1. The van der Waals surface area contributed by atoms with E-state index in [2.05, 4.69) is 39.0 Å². The van der Waals surface area contributed by atoms with Gasteiger partial charge in [-0.2, -0.15) is 0 Å². The second-order valence-corrected chi connectivity index (χ2v) is 9.93. The van der Waals surface area contributed by atoms with Crippen molar-refractivity contribution < 1.29 is 9.53 Å². The first-order chi connectivity index (χ1) is 13.3. The highest BCUT2D eigenvalue weighted by atomic mass is 16.5. The summed E-state index contributed by atoms with van der Waals surface area (Å²) in [6, 6.07) is 0. The van der Waals surface area contributed by atoms with Gasteiger partial charge in [0.2, 0.25) is 0 Å². The van der Waals surface area contributed by atoms with Gasteiger partial charge in [-0.3, -0.25) is 4.79 Å². The molecule has 0 saturated heterocycles. The van der Waals surface area contributed by atoms with Crippen LogP contribution in [-0.4, -0.2) is 18.3 Å². The minimum Gasteiger partial charge on any atom is -0.462 e. The molecule has 1 N–H and O–H groups in total.